The topological polar surface area (TPSA) is 117 Å². The van der Waals surface area contributed by atoms with Crippen LogP contribution in [0.5, 0.6) is 0 Å². The molecule has 0 bridgehead atoms. The van der Waals surface area contributed by atoms with Crippen LogP contribution >= 0.6 is 11.6 Å². The van der Waals surface area contributed by atoms with Gasteiger partial charge in [-0.2, -0.15) is 4.39 Å². The number of halogens is 7. The fraction of sp³-hybridized carbons (Fsp3) is 0.183. The van der Waals surface area contributed by atoms with Crippen molar-refractivity contribution in [1.82, 2.24) is 24.5 Å². The average Bonchev–Trinajstić information content (AvgIpc) is 4.03. The maximum Gasteiger partial charge on any atom is 0.215 e. The first-order valence-corrected chi connectivity index (χ1v) is 28.5. The third-order valence-corrected chi connectivity index (χ3v) is 13.1. The molecule has 0 amide bonds. The molecule has 0 aliphatic heterocycles. The summed E-state index contributed by atoms with van der Waals surface area (Å²) in [4.78, 5) is 15.4. The lowest BCUT2D eigenvalue weighted by atomic mass is 10.1. The van der Waals surface area contributed by atoms with E-state index in [1.807, 2.05) is 58.3 Å². The number of hydrogen-bond donors (Lipinski definition) is 5. The quantitative estimate of drug-likeness (QED) is 0.0712. The summed E-state index contributed by atoms with van der Waals surface area (Å²) in [6, 6.07) is 56.2. The van der Waals surface area contributed by atoms with Gasteiger partial charge in [0.15, 0.2) is 0 Å². The molecular formula is C71H77ClF6N10. The maximum absolute atomic E-state index is 12.6. The lowest BCUT2D eigenvalue weighted by molar-refractivity contribution is 0.575. The Morgan fingerprint density at radius 2 is 1.02 bits per heavy atom. The molecule has 88 heavy (non-hydrogen) atoms. The Labute approximate surface area is 519 Å². The van der Waals surface area contributed by atoms with Gasteiger partial charge in [0, 0.05) is 106 Å². The van der Waals surface area contributed by atoms with E-state index in [2.05, 4.69) is 155 Å². The molecule has 11 rings (SSSR count). The standard InChI is InChI=1S/C13H13N.C12H12N2.C9H9N.2C8H10FN.C7H7ClFN.C7H7F2N.C7H9FN2/c1-14-13-9-5-8-12(10-13)11-6-3-2-4-7-11;1-13-12-4-2-3-11(9-12)10-5-7-14-8-6-10;1-10-7-6-8-4-2-3-5-9(8)10;1-3-7-4-6(2)8(9)5-10-7;1-3-7-4-5-8(9)6(2)10-7;1-10-5-2-3-6(8)7(9)4-5;1-10-7-3-2-5(8)4-6(7)9;1-5-3-6(9-2)4-10-7(5)8/h2-10,14H,1H3;2-9,13H,1H3;2-7H,1H3;2*4-5H,3H2,1-2H3;2*2-4,10H,1H3;3-4,9H,1-2H3. The lowest BCUT2D eigenvalue weighted by Crippen LogP contribution is -1.93. The third kappa shape index (κ3) is 24.4. The van der Waals surface area contributed by atoms with Crippen molar-refractivity contribution < 1.29 is 26.3 Å². The zero-order valence-electron chi connectivity index (χ0n) is 51.5. The van der Waals surface area contributed by atoms with Gasteiger partial charge >= 0.3 is 0 Å². The predicted molar refractivity (Wildman–Crippen MR) is 356 cm³/mol. The van der Waals surface area contributed by atoms with Crippen LogP contribution in [0.1, 0.15) is 42.1 Å². The molecule has 0 saturated heterocycles. The highest BCUT2D eigenvalue weighted by molar-refractivity contribution is 6.30. The Morgan fingerprint density at radius 1 is 0.443 bits per heavy atom. The minimum absolute atomic E-state index is 0.152. The fourth-order valence-electron chi connectivity index (χ4n) is 7.73. The van der Waals surface area contributed by atoms with Gasteiger partial charge in [0.25, 0.3) is 0 Å². The largest absolute Gasteiger partial charge is 0.388 e. The summed E-state index contributed by atoms with van der Waals surface area (Å²) >= 11 is 5.43. The van der Waals surface area contributed by atoms with E-state index in [4.69, 9.17) is 11.6 Å². The number of nitrogens with one attached hydrogen (secondary N) is 5. The molecule has 5 heterocycles. The van der Waals surface area contributed by atoms with Gasteiger partial charge in [-0.1, -0.05) is 98.2 Å². The molecule has 11 aromatic rings. The van der Waals surface area contributed by atoms with Crippen molar-refractivity contribution in [2.75, 3.05) is 61.8 Å². The molecule has 10 nitrogen and oxygen atoms in total. The van der Waals surface area contributed by atoms with E-state index < -0.39 is 23.4 Å². The average molecular weight is 1220 g/mol. The molecule has 0 aliphatic rings. The van der Waals surface area contributed by atoms with E-state index in [9.17, 15) is 26.3 Å². The second-order valence-electron chi connectivity index (χ2n) is 19.1. The molecule has 0 radical (unpaired) electrons. The molecule has 6 aromatic carbocycles. The molecule has 0 atom stereocenters. The smallest absolute Gasteiger partial charge is 0.215 e. The summed E-state index contributed by atoms with van der Waals surface area (Å²) in [5, 5.41) is 16.0. The van der Waals surface area contributed by atoms with Crippen molar-refractivity contribution in [3.63, 3.8) is 0 Å². The number of para-hydroxylation sites is 1. The summed E-state index contributed by atoms with van der Waals surface area (Å²) in [5.74, 6) is -2.37. The van der Waals surface area contributed by atoms with Crippen LogP contribution in [-0.4, -0.2) is 59.7 Å². The fourth-order valence-corrected chi connectivity index (χ4v) is 7.85. The predicted octanol–water partition coefficient (Wildman–Crippen LogP) is 18.6. The molecule has 5 N–H and O–H groups in total. The van der Waals surface area contributed by atoms with E-state index in [0.717, 1.165) is 53.0 Å². The Morgan fingerprint density at radius 3 is 1.56 bits per heavy atom. The van der Waals surface area contributed by atoms with Crippen molar-refractivity contribution in [2.45, 2.75) is 47.5 Å². The van der Waals surface area contributed by atoms with E-state index in [1.54, 1.807) is 78.6 Å². The van der Waals surface area contributed by atoms with Gasteiger partial charge in [-0.15, -0.1) is 0 Å². The van der Waals surface area contributed by atoms with Crippen molar-refractivity contribution in [3.05, 3.63) is 281 Å². The van der Waals surface area contributed by atoms with Crippen molar-refractivity contribution in [2.24, 2.45) is 7.05 Å². The van der Waals surface area contributed by atoms with Crippen molar-refractivity contribution in [3.8, 4) is 22.3 Å². The Hall–Kier alpha value is -9.67. The van der Waals surface area contributed by atoms with Gasteiger partial charge in [-0.05, 0) is 170 Å². The molecule has 0 unspecified atom stereocenters. The first-order valence-electron chi connectivity index (χ1n) is 28.2. The number of fused-ring (bicyclic) bond motifs is 1. The highest BCUT2D eigenvalue weighted by Crippen LogP contribution is 2.24. The highest BCUT2D eigenvalue weighted by atomic mass is 35.5. The highest BCUT2D eigenvalue weighted by Gasteiger charge is 2.03. The number of rotatable bonds is 9. The molecule has 0 aliphatic carbocycles. The third-order valence-electron chi connectivity index (χ3n) is 12.8. The van der Waals surface area contributed by atoms with E-state index in [-0.39, 0.29) is 16.7 Å². The summed E-state index contributed by atoms with van der Waals surface area (Å²) in [6.45, 7) is 9.10. The van der Waals surface area contributed by atoms with E-state index >= 15 is 0 Å². The minimum atomic E-state index is -0.567. The van der Waals surface area contributed by atoms with E-state index in [0.29, 0.717) is 22.5 Å². The van der Waals surface area contributed by atoms with Crippen molar-refractivity contribution in [1.29, 1.82) is 0 Å². The van der Waals surface area contributed by atoms with Crippen LogP contribution in [-0.2, 0) is 19.9 Å². The van der Waals surface area contributed by atoms with Crippen LogP contribution in [0.2, 0.25) is 5.02 Å². The second-order valence-corrected chi connectivity index (χ2v) is 19.5. The Balaban J connectivity index is 0.000000216. The van der Waals surface area contributed by atoms with Crippen molar-refractivity contribution >= 4 is 50.9 Å². The lowest BCUT2D eigenvalue weighted by Gasteiger charge is -2.04. The zero-order chi connectivity index (χ0) is 64.4. The second kappa shape index (κ2) is 38.4. The number of benzene rings is 6. The number of aryl methyl sites for hydroxylation is 6. The zero-order valence-corrected chi connectivity index (χ0v) is 52.3. The summed E-state index contributed by atoms with van der Waals surface area (Å²) in [6.07, 6.45) is 10.1. The van der Waals surface area contributed by atoms with E-state index in [1.165, 1.54) is 75.9 Å². The normalized spacial score (nSPS) is 9.80. The van der Waals surface area contributed by atoms with Crippen LogP contribution < -0.4 is 26.6 Å². The van der Waals surface area contributed by atoms with Crippen LogP contribution in [0.25, 0.3) is 33.2 Å². The summed E-state index contributed by atoms with van der Waals surface area (Å²) in [7, 11) is 11.0. The van der Waals surface area contributed by atoms with Gasteiger partial charge in [0.2, 0.25) is 5.95 Å². The minimum Gasteiger partial charge on any atom is -0.388 e. The number of aromatic nitrogens is 5. The van der Waals surface area contributed by atoms with Gasteiger partial charge < -0.3 is 31.2 Å². The Kier molecular flexibility index (Phi) is 30.9. The van der Waals surface area contributed by atoms with Gasteiger partial charge in [-0.25, -0.2) is 26.9 Å². The van der Waals surface area contributed by atoms with Crippen LogP contribution in [0, 0.1) is 55.8 Å². The number of anilines is 5. The number of nitrogens with zero attached hydrogens (tertiary/aromatic N) is 5. The Bertz CT molecular complexity index is 3530. The first-order chi connectivity index (χ1) is 42.4. The molecule has 0 spiro atoms. The SMILES string of the molecule is CCc1cc(C)c(F)cn1.CCc1ccc(F)c(C)n1.CNc1ccc(Cl)c(F)c1.CNc1ccc(F)cc1F.CNc1cccc(-c2ccccc2)c1.CNc1cccc(-c2ccncc2)c1.CNc1cnc(F)c(C)c1.Cn1ccc2ccccc21. The van der Waals surface area contributed by atoms with Gasteiger partial charge in [-0.3, -0.25) is 15.0 Å². The van der Waals surface area contributed by atoms with Crippen LogP contribution in [0.4, 0.5) is 54.8 Å². The molecule has 17 heteroatoms. The first kappa shape index (κ1) is 70.8. The molecular weight excluding hydrogens is 1140 g/mol. The molecule has 460 valence electrons. The number of hydrogen-bond acceptors (Lipinski definition) is 9. The molecule has 0 fully saturated rings. The molecule has 5 aromatic heterocycles. The van der Waals surface area contributed by atoms with Gasteiger partial charge in [0.05, 0.1) is 34.5 Å². The maximum atomic E-state index is 12.6. The molecule has 0 saturated carbocycles. The van der Waals surface area contributed by atoms with Crippen LogP contribution in [0.15, 0.2) is 213 Å². The summed E-state index contributed by atoms with van der Waals surface area (Å²) in [5.41, 5.74) is 13.9. The van der Waals surface area contributed by atoms with Gasteiger partial charge in [0.1, 0.15) is 29.1 Å². The van der Waals surface area contributed by atoms with Crippen LogP contribution in [0.3, 0.4) is 0 Å². The monoisotopic (exact) mass is 1220 g/mol. The number of pyridine rings is 4. The summed E-state index contributed by atoms with van der Waals surface area (Å²) < 4.78 is 77.1.